The van der Waals surface area contributed by atoms with Crippen molar-refractivity contribution in [3.8, 4) is 5.75 Å². The topological polar surface area (TPSA) is 84.9 Å². The van der Waals surface area contributed by atoms with E-state index in [1.807, 2.05) is 26.8 Å². The highest BCUT2D eigenvalue weighted by Crippen LogP contribution is 2.30. The number of ether oxygens (including phenoxy) is 2. The number of benzene rings is 2. The molecule has 8 heteroatoms. The zero-order valence-electron chi connectivity index (χ0n) is 19.0. The van der Waals surface area contributed by atoms with Gasteiger partial charge in [0.1, 0.15) is 5.75 Å². The summed E-state index contributed by atoms with van der Waals surface area (Å²) >= 11 is 0. The molecule has 1 aliphatic heterocycles. The molecule has 32 heavy (non-hydrogen) atoms. The lowest BCUT2D eigenvalue weighted by atomic mass is 10.0. The number of hydrogen-bond acceptors (Lipinski definition) is 5. The Labute approximate surface area is 190 Å². The molecule has 0 bridgehead atoms. The van der Waals surface area contributed by atoms with Crippen LogP contribution in [0.1, 0.15) is 29.2 Å². The van der Waals surface area contributed by atoms with Crippen molar-refractivity contribution < 1.29 is 22.7 Å². The Balaban J connectivity index is 1.85. The van der Waals surface area contributed by atoms with Crippen LogP contribution >= 0.6 is 0 Å². The van der Waals surface area contributed by atoms with E-state index in [0.717, 1.165) is 16.7 Å². The molecule has 1 aliphatic rings. The molecule has 2 aromatic carbocycles. The number of carbonyl (C=O) groups is 1. The summed E-state index contributed by atoms with van der Waals surface area (Å²) in [5.74, 6) is 0.0436. The number of carbonyl (C=O) groups excluding carboxylic acids is 1. The molecule has 172 valence electrons. The molecule has 0 atom stereocenters. The first-order chi connectivity index (χ1) is 15.2. The van der Waals surface area contributed by atoms with Crippen molar-refractivity contribution in [3.63, 3.8) is 0 Å². The number of sulfonamides is 1. The summed E-state index contributed by atoms with van der Waals surface area (Å²) in [6.07, 6.45) is 3.20. The number of hydrogen-bond donors (Lipinski definition) is 1. The van der Waals surface area contributed by atoms with E-state index in [1.165, 1.54) is 28.1 Å². The Bertz CT molecular complexity index is 1120. The first kappa shape index (κ1) is 24.0. The molecule has 2 aromatic rings. The Morgan fingerprint density at radius 2 is 1.78 bits per heavy atom. The van der Waals surface area contributed by atoms with E-state index >= 15 is 0 Å². The molecular formula is C24H30N2O5S. The van der Waals surface area contributed by atoms with Gasteiger partial charge in [-0.3, -0.25) is 4.79 Å². The first-order valence-corrected chi connectivity index (χ1v) is 12.1. The van der Waals surface area contributed by atoms with Gasteiger partial charge in [0.25, 0.3) is 0 Å². The third-order valence-corrected chi connectivity index (χ3v) is 7.31. The summed E-state index contributed by atoms with van der Waals surface area (Å²) in [6, 6.07) is 8.64. The second-order valence-corrected chi connectivity index (χ2v) is 9.66. The molecule has 1 amide bonds. The maximum Gasteiger partial charge on any atom is 0.248 e. The minimum Gasteiger partial charge on any atom is -0.492 e. The van der Waals surface area contributed by atoms with Crippen molar-refractivity contribution in [2.24, 2.45) is 0 Å². The van der Waals surface area contributed by atoms with Gasteiger partial charge in [0.15, 0.2) is 0 Å². The smallest absolute Gasteiger partial charge is 0.248 e. The summed E-state index contributed by atoms with van der Waals surface area (Å²) in [6.45, 7) is 9.62. The minimum atomic E-state index is -3.69. The van der Waals surface area contributed by atoms with E-state index < -0.39 is 10.0 Å². The highest BCUT2D eigenvalue weighted by Gasteiger charge is 2.27. The second kappa shape index (κ2) is 10.3. The largest absolute Gasteiger partial charge is 0.492 e. The number of aryl methyl sites for hydroxylation is 3. The summed E-state index contributed by atoms with van der Waals surface area (Å²) in [4.78, 5) is 12.7. The fourth-order valence-electron chi connectivity index (χ4n) is 3.49. The van der Waals surface area contributed by atoms with Gasteiger partial charge in [-0.2, -0.15) is 4.31 Å². The lowest BCUT2D eigenvalue weighted by Gasteiger charge is -2.26. The van der Waals surface area contributed by atoms with Gasteiger partial charge in [0.2, 0.25) is 15.9 Å². The van der Waals surface area contributed by atoms with E-state index in [9.17, 15) is 13.2 Å². The summed E-state index contributed by atoms with van der Waals surface area (Å²) in [7, 11) is -3.69. The van der Waals surface area contributed by atoms with E-state index in [-0.39, 0.29) is 10.8 Å². The number of nitrogens with one attached hydrogen (secondary N) is 1. The van der Waals surface area contributed by atoms with Crippen LogP contribution in [0.25, 0.3) is 6.08 Å². The lowest BCUT2D eigenvalue weighted by Crippen LogP contribution is -2.40. The van der Waals surface area contributed by atoms with Crippen LogP contribution in [0.3, 0.4) is 0 Å². The highest BCUT2D eigenvalue weighted by atomic mass is 32.2. The third kappa shape index (κ3) is 5.56. The van der Waals surface area contributed by atoms with Gasteiger partial charge in [0.05, 0.1) is 30.4 Å². The average molecular weight is 459 g/mol. The molecule has 0 aromatic heterocycles. The second-order valence-electron chi connectivity index (χ2n) is 7.72. The van der Waals surface area contributed by atoms with Crippen LogP contribution in [-0.2, 0) is 19.6 Å². The Morgan fingerprint density at radius 1 is 1.09 bits per heavy atom. The van der Waals surface area contributed by atoms with Gasteiger partial charge in [-0.1, -0.05) is 12.1 Å². The predicted molar refractivity (Wildman–Crippen MR) is 126 cm³/mol. The minimum absolute atomic E-state index is 0.104. The van der Waals surface area contributed by atoms with Gasteiger partial charge >= 0.3 is 0 Å². The zero-order valence-corrected chi connectivity index (χ0v) is 19.8. The molecule has 1 saturated heterocycles. The van der Waals surface area contributed by atoms with Gasteiger partial charge < -0.3 is 14.8 Å². The fraction of sp³-hybridized carbons (Fsp3) is 0.375. The molecule has 3 rings (SSSR count). The van der Waals surface area contributed by atoms with Crippen molar-refractivity contribution in [2.45, 2.75) is 32.6 Å². The quantitative estimate of drug-likeness (QED) is 0.640. The Kier molecular flexibility index (Phi) is 7.71. The van der Waals surface area contributed by atoms with Gasteiger partial charge in [-0.05, 0) is 74.2 Å². The van der Waals surface area contributed by atoms with Crippen molar-refractivity contribution in [2.75, 3.05) is 38.2 Å². The Hall–Kier alpha value is -2.68. The zero-order chi connectivity index (χ0) is 23.3. The van der Waals surface area contributed by atoms with E-state index in [0.29, 0.717) is 44.3 Å². The Morgan fingerprint density at radius 3 is 2.47 bits per heavy atom. The van der Waals surface area contributed by atoms with Crippen LogP contribution in [0.2, 0.25) is 0 Å². The number of rotatable bonds is 7. The molecule has 1 N–H and O–H groups in total. The number of nitrogens with zero attached hydrogens (tertiary/aromatic N) is 1. The molecule has 0 aliphatic carbocycles. The molecule has 1 fully saturated rings. The van der Waals surface area contributed by atoms with Crippen molar-refractivity contribution in [1.29, 1.82) is 0 Å². The summed E-state index contributed by atoms with van der Waals surface area (Å²) < 4.78 is 38.2. The van der Waals surface area contributed by atoms with Gasteiger partial charge in [-0.25, -0.2) is 8.42 Å². The van der Waals surface area contributed by atoms with Crippen LogP contribution in [0, 0.1) is 20.8 Å². The van der Waals surface area contributed by atoms with Crippen LogP contribution < -0.4 is 10.1 Å². The van der Waals surface area contributed by atoms with Crippen LogP contribution in [0.15, 0.2) is 41.3 Å². The monoisotopic (exact) mass is 458 g/mol. The lowest BCUT2D eigenvalue weighted by molar-refractivity contribution is -0.111. The van der Waals surface area contributed by atoms with Gasteiger partial charge in [-0.15, -0.1) is 0 Å². The van der Waals surface area contributed by atoms with Crippen LogP contribution in [0.5, 0.6) is 5.75 Å². The summed E-state index contributed by atoms with van der Waals surface area (Å²) in [5.41, 5.74) is 4.69. The third-order valence-electron chi connectivity index (χ3n) is 5.41. The molecular weight excluding hydrogens is 428 g/mol. The van der Waals surface area contributed by atoms with E-state index in [2.05, 4.69) is 18.3 Å². The molecule has 0 radical (unpaired) electrons. The van der Waals surface area contributed by atoms with Crippen molar-refractivity contribution in [3.05, 3.63) is 58.7 Å². The average Bonchev–Trinajstić information content (AvgIpc) is 2.77. The van der Waals surface area contributed by atoms with Crippen LogP contribution in [0.4, 0.5) is 5.69 Å². The SMILES string of the molecule is CCOc1ccc(S(=O)(=O)N2CCOCC2)cc1NC(=O)/C=C/c1cc(C)c(C)cc1C. The number of amides is 1. The maximum atomic E-state index is 13.0. The van der Waals surface area contributed by atoms with E-state index in [1.54, 1.807) is 12.1 Å². The van der Waals surface area contributed by atoms with Crippen molar-refractivity contribution >= 4 is 27.7 Å². The standard InChI is InChI=1S/C24H30N2O5S/c1-5-31-23-8-7-21(32(28,29)26-10-12-30-13-11-26)16-22(23)25-24(27)9-6-20-15-18(3)17(2)14-19(20)4/h6-9,14-16H,5,10-13H2,1-4H3,(H,25,27)/b9-6+. The highest BCUT2D eigenvalue weighted by molar-refractivity contribution is 7.89. The molecule has 1 heterocycles. The summed E-state index contributed by atoms with van der Waals surface area (Å²) in [5, 5.41) is 2.77. The predicted octanol–water partition coefficient (Wildman–Crippen LogP) is 3.68. The molecule has 0 unspecified atom stereocenters. The first-order valence-electron chi connectivity index (χ1n) is 10.6. The fourth-order valence-corrected chi connectivity index (χ4v) is 4.92. The molecule has 0 spiro atoms. The normalized spacial score (nSPS) is 15.1. The van der Waals surface area contributed by atoms with Gasteiger partial charge in [0, 0.05) is 19.2 Å². The number of anilines is 1. The molecule has 0 saturated carbocycles. The van der Waals surface area contributed by atoms with E-state index in [4.69, 9.17) is 9.47 Å². The van der Waals surface area contributed by atoms with Crippen molar-refractivity contribution in [1.82, 2.24) is 4.31 Å². The number of morpholine rings is 1. The maximum absolute atomic E-state index is 13.0. The molecule has 7 nitrogen and oxygen atoms in total. The van der Waals surface area contributed by atoms with Crippen LogP contribution in [-0.4, -0.2) is 51.5 Å².